The fourth-order valence-corrected chi connectivity index (χ4v) is 7.35. The van der Waals surface area contributed by atoms with Crippen LogP contribution in [0.15, 0.2) is 97.2 Å². The first-order chi connectivity index (χ1) is 33.0. The first-order valence-corrected chi connectivity index (χ1v) is 27.7. The normalized spacial score (nSPS) is 12.4. The van der Waals surface area contributed by atoms with Gasteiger partial charge in [0.1, 0.15) is 13.2 Å². The molecule has 67 heavy (non-hydrogen) atoms. The summed E-state index contributed by atoms with van der Waals surface area (Å²) in [6, 6.07) is 0. The fourth-order valence-electron chi connectivity index (χ4n) is 7.35. The van der Waals surface area contributed by atoms with Crippen LogP contribution in [0, 0.1) is 0 Å². The summed E-state index contributed by atoms with van der Waals surface area (Å²) in [4.78, 5) is 38.0. The fraction of sp³-hybridized carbons (Fsp3) is 0.689. The van der Waals surface area contributed by atoms with Crippen LogP contribution in [0.3, 0.4) is 0 Å². The molecular formula is C61H102O6. The maximum atomic E-state index is 12.8. The molecule has 0 unspecified atom stereocenters. The number of hydrogen-bond acceptors (Lipinski definition) is 6. The van der Waals surface area contributed by atoms with E-state index in [1.54, 1.807) is 0 Å². The number of ether oxygens (including phenoxy) is 3. The molecule has 0 aliphatic carbocycles. The highest BCUT2D eigenvalue weighted by Crippen LogP contribution is 2.14. The summed E-state index contributed by atoms with van der Waals surface area (Å²) in [5.74, 6) is -0.962. The van der Waals surface area contributed by atoms with Crippen LogP contribution in [0.1, 0.15) is 252 Å². The summed E-state index contributed by atoms with van der Waals surface area (Å²) in [7, 11) is 0. The number of carbonyl (C=O) groups is 3. The molecule has 0 saturated carbocycles. The molecule has 0 aromatic heterocycles. The Bertz CT molecular complexity index is 1260. The van der Waals surface area contributed by atoms with Gasteiger partial charge in [0, 0.05) is 19.3 Å². The van der Waals surface area contributed by atoms with Crippen LogP contribution in [-0.2, 0) is 28.6 Å². The second-order valence-electron chi connectivity index (χ2n) is 18.1. The van der Waals surface area contributed by atoms with E-state index in [9.17, 15) is 14.4 Å². The highest BCUT2D eigenvalue weighted by molar-refractivity contribution is 5.71. The van der Waals surface area contributed by atoms with Gasteiger partial charge in [-0.25, -0.2) is 0 Å². The van der Waals surface area contributed by atoms with E-state index in [2.05, 4.69) is 118 Å². The van der Waals surface area contributed by atoms with E-state index in [0.717, 1.165) is 109 Å². The van der Waals surface area contributed by atoms with Crippen molar-refractivity contribution in [2.24, 2.45) is 0 Å². The average Bonchev–Trinajstić information content (AvgIpc) is 3.33. The third-order valence-electron chi connectivity index (χ3n) is 11.6. The maximum absolute atomic E-state index is 12.8. The van der Waals surface area contributed by atoms with Crippen molar-refractivity contribution in [2.45, 2.75) is 258 Å². The standard InChI is InChI=1S/C61H102O6/c1-4-7-10-13-16-19-22-24-26-28-30-32-34-36-39-41-44-47-50-53-59(62)65-56-58(67-61(64)55-52-49-46-43-38-21-18-15-12-9-6-3)57-66-60(63)54-51-48-45-42-40-37-35-33-31-29-27-25-23-20-17-14-11-8-5-2/h16-17,19-20,24-27,30-33,36-37,39-40,58H,4-15,18,21-23,28-29,34-35,38,41-57H2,1-3H3/b19-16-,20-17-,26-24-,27-25-,32-30-,33-31-,39-36-,40-37-. The first kappa shape index (κ1) is 63.3. The number of hydrogen-bond donors (Lipinski definition) is 0. The lowest BCUT2D eigenvalue weighted by atomic mass is 10.1. The molecular weight excluding hydrogens is 829 g/mol. The molecule has 0 aliphatic rings. The molecule has 0 radical (unpaired) electrons. The van der Waals surface area contributed by atoms with Crippen LogP contribution < -0.4 is 0 Å². The average molecular weight is 931 g/mol. The van der Waals surface area contributed by atoms with E-state index >= 15 is 0 Å². The number of esters is 3. The maximum Gasteiger partial charge on any atom is 0.306 e. The molecule has 6 heteroatoms. The Kier molecular flexibility index (Phi) is 51.9. The Balaban J connectivity index is 4.46. The van der Waals surface area contributed by atoms with Crippen LogP contribution in [0.25, 0.3) is 0 Å². The Hall–Kier alpha value is -3.67. The molecule has 0 amide bonds. The van der Waals surface area contributed by atoms with Gasteiger partial charge >= 0.3 is 17.9 Å². The largest absolute Gasteiger partial charge is 0.462 e. The van der Waals surface area contributed by atoms with Crippen LogP contribution in [0.5, 0.6) is 0 Å². The van der Waals surface area contributed by atoms with Crippen LogP contribution in [0.2, 0.25) is 0 Å². The summed E-state index contributed by atoms with van der Waals surface area (Å²) in [5, 5.41) is 0. The summed E-state index contributed by atoms with van der Waals surface area (Å²) in [5.41, 5.74) is 0. The molecule has 0 aromatic rings. The zero-order chi connectivity index (χ0) is 48.6. The minimum atomic E-state index is -0.803. The van der Waals surface area contributed by atoms with E-state index < -0.39 is 6.10 Å². The van der Waals surface area contributed by atoms with Gasteiger partial charge in [-0.3, -0.25) is 14.4 Å². The minimum Gasteiger partial charge on any atom is -0.462 e. The van der Waals surface area contributed by atoms with Gasteiger partial charge in [-0.2, -0.15) is 0 Å². The third kappa shape index (κ3) is 53.2. The Labute approximate surface area is 413 Å². The lowest BCUT2D eigenvalue weighted by molar-refractivity contribution is -0.167. The van der Waals surface area contributed by atoms with Crippen molar-refractivity contribution in [3.8, 4) is 0 Å². The third-order valence-corrected chi connectivity index (χ3v) is 11.6. The van der Waals surface area contributed by atoms with Gasteiger partial charge in [0.25, 0.3) is 0 Å². The van der Waals surface area contributed by atoms with Gasteiger partial charge in [-0.05, 0) is 109 Å². The van der Waals surface area contributed by atoms with E-state index in [-0.39, 0.29) is 31.1 Å². The van der Waals surface area contributed by atoms with E-state index in [1.165, 1.54) is 103 Å². The molecule has 0 bridgehead atoms. The van der Waals surface area contributed by atoms with Crippen LogP contribution in [-0.4, -0.2) is 37.2 Å². The number of carbonyl (C=O) groups excluding carboxylic acids is 3. The predicted molar refractivity (Wildman–Crippen MR) is 288 cm³/mol. The lowest BCUT2D eigenvalue weighted by Gasteiger charge is -2.18. The molecule has 0 rings (SSSR count). The van der Waals surface area contributed by atoms with Crippen molar-refractivity contribution in [1.29, 1.82) is 0 Å². The lowest BCUT2D eigenvalue weighted by Crippen LogP contribution is -2.30. The molecule has 0 spiro atoms. The van der Waals surface area contributed by atoms with Crippen molar-refractivity contribution in [2.75, 3.05) is 13.2 Å². The molecule has 382 valence electrons. The molecule has 0 aromatic carbocycles. The van der Waals surface area contributed by atoms with E-state index in [1.807, 2.05) is 0 Å². The summed E-state index contributed by atoms with van der Waals surface area (Å²) in [6.45, 7) is 6.52. The SMILES string of the molecule is CCCCC/C=C\C/C=C\C/C=C\C/C=C\CCCCCC(=O)OCC(COC(=O)CCCCC/C=C\C/C=C\C/C=C\C/C=C\CCCCC)OC(=O)CCCCCCCCCCCCC. The van der Waals surface area contributed by atoms with Gasteiger partial charge in [0.15, 0.2) is 6.10 Å². The quantitative estimate of drug-likeness (QED) is 0.0262. The van der Waals surface area contributed by atoms with Crippen molar-refractivity contribution < 1.29 is 28.6 Å². The van der Waals surface area contributed by atoms with Gasteiger partial charge in [-0.1, -0.05) is 221 Å². The van der Waals surface area contributed by atoms with Crippen molar-refractivity contribution in [3.05, 3.63) is 97.2 Å². The van der Waals surface area contributed by atoms with Crippen molar-refractivity contribution in [3.63, 3.8) is 0 Å². The predicted octanol–water partition coefficient (Wildman–Crippen LogP) is 18.5. The first-order valence-electron chi connectivity index (χ1n) is 27.7. The molecule has 0 atom stereocenters. The Morgan fingerprint density at radius 2 is 0.537 bits per heavy atom. The van der Waals surface area contributed by atoms with Gasteiger partial charge < -0.3 is 14.2 Å². The van der Waals surface area contributed by atoms with Gasteiger partial charge in [0.2, 0.25) is 0 Å². The summed E-state index contributed by atoms with van der Waals surface area (Å²) < 4.78 is 16.8. The van der Waals surface area contributed by atoms with Crippen LogP contribution in [0.4, 0.5) is 0 Å². The van der Waals surface area contributed by atoms with Gasteiger partial charge in [0.05, 0.1) is 0 Å². The van der Waals surface area contributed by atoms with Crippen molar-refractivity contribution >= 4 is 17.9 Å². The summed E-state index contributed by atoms with van der Waals surface area (Å²) in [6.07, 6.45) is 72.5. The zero-order valence-electron chi connectivity index (χ0n) is 43.6. The highest BCUT2D eigenvalue weighted by Gasteiger charge is 2.19. The molecule has 6 nitrogen and oxygen atoms in total. The monoisotopic (exact) mass is 931 g/mol. The topological polar surface area (TPSA) is 78.9 Å². The second kappa shape index (κ2) is 54.9. The van der Waals surface area contributed by atoms with Gasteiger partial charge in [-0.15, -0.1) is 0 Å². The zero-order valence-corrected chi connectivity index (χ0v) is 43.6. The Morgan fingerprint density at radius 3 is 0.866 bits per heavy atom. The molecule has 0 aliphatic heterocycles. The molecule has 0 heterocycles. The van der Waals surface area contributed by atoms with Crippen LogP contribution >= 0.6 is 0 Å². The number of rotatable bonds is 49. The highest BCUT2D eigenvalue weighted by atomic mass is 16.6. The molecule has 0 saturated heterocycles. The van der Waals surface area contributed by atoms with E-state index in [4.69, 9.17) is 14.2 Å². The Morgan fingerprint density at radius 1 is 0.299 bits per heavy atom. The second-order valence-corrected chi connectivity index (χ2v) is 18.1. The molecule has 0 fully saturated rings. The smallest absolute Gasteiger partial charge is 0.306 e. The number of unbranched alkanes of at least 4 members (excludes halogenated alkanes) is 22. The summed E-state index contributed by atoms with van der Waals surface area (Å²) >= 11 is 0. The number of allylic oxidation sites excluding steroid dienone is 16. The molecule has 0 N–H and O–H groups in total. The van der Waals surface area contributed by atoms with Crippen molar-refractivity contribution in [1.82, 2.24) is 0 Å². The van der Waals surface area contributed by atoms with E-state index in [0.29, 0.717) is 19.3 Å². The minimum absolute atomic E-state index is 0.104.